The van der Waals surface area contributed by atoms with Crippen molar-refractivity contribution in [2.24, 2.45) is 11.8 Å². The molecule has 5 rings (SSSR count). The summed E-state index contributed by atoms with van der Waals surface area (Å²) in [5, 5.41) is 4.55. The number of amides is 1. The second kappa shape index (κ2) is 10.4. The maximum atomic E-state index is 13.4. The van der Waals surface area contributed by atoms with E-state index in [0.29, 0.717) is 42.5 Å². The highest BCUT2D eigenvalue weighted by Gasteiger charge is 2.39. The zero-order valence-electron chi connectivity index (χ0n) is 22.1. The second-order valence-corrected chi connectivity index (χ2v) is 12.8. The van der Waals surface area contributed by atoms with E-state index in [2.05, 4.69) is 35.5 Å². The first kappa shape index (κ1) is 26.2. The largest absolute Gasteiger partial charge is 0.476 e. The van der Waals surface area contributed by atoms with Crippen LogP contribution in [-0.4, -0.2) is 47.8 Å². The van der Waals surface area contributed by atoms with Gasteiger partial charge in [-0.3, -0.25) is 4.79 Å². The maximum Gasteiger partial charge on any atom is 0.268 e. The average Bonchev–Trinajstić information content (AvgIpc) is 3.63. The van der Waals surface area contributed by atoms with Crippen LogP contribution in [0, 0.1) is 11.8 Å². The minimum Gasteiger partial charge on any atom is -0.476 e. The van der Waals surface area contributed by atoms with Gasteiger partial charge in [0.25, 0.3) is 15.9 Å². The molecule has 2 aliphatic rings. The van der Waals surface area contributed by atoms with E-state index in [1.165, 1.54) is 37.8 Å². The number of ether oxygens (including phenoxy) is 1. The van der Waals surface area contributed by atoms with E-state index in [0.717, 1.165) is 6.42 Å². The summed E-state index contributed by atoms with van der Waals surface area (Å²) in [6.45, 7) is 7.73. The number of anilines is 1. The van der Waals surface area contributed by atoms with E-state index in [4.69, 9.17) is 9.72 Å². The third-order valence-electron chi connectivity index (χ3n) is 7.46. The summed E-state index contributed by atoms with van der Waals surface area (Å²) >= 11 is 0. The van der Waals surface area contributed by atoms with E-state index < -0.39 is 15.9 Å². The Morgan fingerprint density at radius 3 is 2.53 bits per heavy atom. The lowest BCUT2D eigenvalue weighted by atomic mass is 9.97. The summed E-state index contributed by atoms with van der Waals surface area (Å²) in [7, 11) is -4.04. The van der Waals surface area contributed by atoms with Crippen molar-refractivity contribution >= 4 is 21.7 Å². The zero-order chi connectivity index (χ0) is 26.9. The van der Waals surface area contributed by atoms with Crippen LogP contribution < -0.4 is 14.4 Å². The number of pyridine rings is 1. The SMILES string of the molecule is C[C@@H]1CN(c2nc(-n3ccc(OCC4CCCC4)n3)ccc2C(=O)NS(=O)(=O)c2ccccc2)C(C)(C)C1. The number of hydrogen-bond acceptors (Lipinski definition) is 7. The van der Waals surface area contributed by atoms with Crippen molar-refractivity contribution in [1.82, 2.24) is 19.5 Å². The molecule has 1 saturated heterocycles. The van der Waals surface area contributed by atoms with Gasteiger partial charge in [-0.15, -0.1) is 5.10 Å². The molecule has 1 amide bonds. The van der Waals surface area contributed by atoms with Gasteiger partial charge in [0.05, 0.1) is 17.1 Å². The lowest BCUT2D eigenvalue weighted by Gasteiger charge is -2.34. The first-order chi connectivity index (χ1) is 18.1. The first-order valence-corrected chi connectivity index (χ1v) is 14.7. The smallest absolute Gasteiger partial charge is 0.268 e. The van der Waals surface area contributed by atoms with E-state index >= 15 is 0 Å². The summed E-state index contributed by atoms with van der Waals surface area (Å²) < 4.78 is 35.5. The molecular weight excluding hydrogens is 502 g/mol. The Kier molecular flexibility index (Phi) is 7.17. The van der Waals surface area contributed by atoms with Crippen LogP contribution in [0.3, 0.4) is 0 Å². The van der Waals surface area contributed by atoms with Gasteiger partial charge < -0.3 is 9.64 Å². The molecule has 202 valence electrons. The highest BCUT2D eigenvalue weighted by Crippen LogP contribution is 2.38. The zero-order valence-corrected chi connectivity index (χ0v) is 22.9. The Morgan fingerprint density at radius 1 is 1.11 bits per heavy atom. The summed E-state index contributed by atoms with van der Waals surface area (Å²) in [6, 6.07) is 13.0. The molecule has 1 atom stereocenters. The van der Waals surface area contributed by atoms with Crippen LogP contribution in [0.2, 0.25) is 0 Å². The van der Waals surface area contributed by atoms with Crippen LogP contribution in [0.5, 0.6) is 5.88 Å². The summed E-state index contributed by atoms with van der Waals surface area (Å²) in [5.74, 6) is 1.73. The van der Waals surface area contributed by atoms with E-state index in [1.807, 2.05) is 6.07 Å². The van der Waals surface area contributed by atoms with Crippen molar-refractivity contribution in [3.8, 4) is 11.7 Å². The predicted octanol–water partition coefficient (Wildman–Crippen LogP) is 4.58. The molecule has 1 aliphatic heterocycles. The predicted molar refractivity (Wildman–Crippen MR) is 145 cm³/mol. The van der Waals surface area contributed by atoms with Crippen molar-refractivity contribution in [1.29, 1.82) is 0 Å². The number of sulfonamides is 1. The van der Waals surface area contributed by atoms with Crippen LogP contribution in [-0.2, 0) is 10.0 Å². The van der Waals surface area contributed by atoms with Gasteiger partial charge in [0, 0.05) is 24.3 Å². The van der Waals surface area contributed by atoms with Crippen molar-refractivity contribution in [2.45, 2.75) is 63.3 Å². The number of carbonyl (C=O) groups is 1. The van der Waals surface area contributed by atoms with Gasteiger partial charge in [0.1, 0.15) is 5.82 Å². The number of nitrogens with zero attached hydrogens (tertiary/aromatic N) is 4. The van der Waals surface area contributed by atoms with Gasteiger partial charge >= 0.3 is 0 Å². The van der Waals surface area contributed by atoms with Crippen molar-refractivity contribution < 1.29 is 17.9 Å². The number of hydrogen-bond donors (Lipinski definition) is 1. The number of aromatic nitrogens is 3. The molecule has 38 heavy (non-hydrogen) atoms. The molecule has 1 aromatic carbocycles. The fraction of sp³-hybridized carbons (Fsp3) is 0.464. The lowest BCUT2D eigenvalue weighted by molar-refractivity contribution is 0.0981. The topological polar surface area (TPSA) is 106 Å². The summed E-state index contributed by atoms with van der Waals surface area (Å²) in [4.78, 5) is 20.3. The Labute approximate surface area is 224 Å². The molecule has 3 heterocycles. The quantitative estimate of drug-likeness (QED) is 0.448. The van der Waals surface area contributed by atoms with Gasteiger partial charge in [0.15, 0.2) is 5.82 Å². The normalized spacial score (nSPS) is 19.6. The van der Waals surface area contributed by atoms with E-state index in [1.54, 1.807) is 41.2 Å². The summed E-state index contributed by atoms with van der Waals surface area (Å²) in [5.41, 5.74) is -0.0711. The molecule has 0 unspecified atom stereocenters. The Bertz CT molecular complexity index is 1400. The molecule has 1 aliphatic carbocycles. The molecule has 1 saturated carbocycles. The monoisotopic (exact) mass is 537 g/mol. The molecule has 2 aromatic heterocycles. The fourth-order valence-electron chi connectivity index (χ4n) is 5.64. The van der Waals surface area contributed by atoms with Crippen molar-refractivity contribution in [3.05, 3.63) is 60.3 Å². The number of benzene rings is 1. The fourth-order valence-corrected chi connectivity index (χ4v) is 6.62. The number of carbonyl (C=O) groups excluding carboxylic acids is 1. The molecule has 10 heteroatoms. The Hall–Kier alpha value is -3.40. The average molecular weight is 538 g/mol. The third-order valence-corrected chi connectivity index (χ3v) is 8.80. The number of rotatable bonds is 8. The van der Waals surface area contributed by atoms with Crippen molar-refractivity contribution in [2.75, 3.05) is 18.1 Å². The summed E-state index contributed by atoms with van der Waals surface area (Å²) in [6.07, 6.45) is 7.61. The third kappa shape index (κ3) is 5.55. The van der Waals surface area contributed by atoms with E-state index in [-0.39, 0.29) is 16.0 Å². The molecule has 2 fully saturated rings. The standard InChI is InChI=1S/C28H35N5O4S/c1-20-17-28(2,3)32(18-20)26-23(27(34)31-38(35,36)22-11-5-4-6-12-22)13-14-24(29-26)33-16-15-25(30-33)37-19-21-9-7-8-10-21/h4-6,11-16,20-21H,7-10,17-19H2,1-3H3,(H,31,34)/t20-/m0/s1. The van der Waals surface area contributed by atoms with Crippen LogP contribution in [0.25, 0.3) is 5.82 Å². The van der Waals surface area contributed by atoms with Crippen LogP contribution in [0.4, 0.5) is 5.82 Å². The van der Waals surface area contributed by atoms with Gasteiger partial charge in [0.2, 0.25) is 5.88 Å². The molecule has 0 spiro atoms. The first-order valence-electron chi connectivity index (χ1n) is 13.2. The minimum absolute atomic E-state index is 0.0243. The van der Waals surface area contributed by atoms with Gasteiger partial charge in [-0.1, -0.05) is 38.0 Å². The van der Waals surface area contributed by atoms with E-state index in [9.17, 15) is 13.2 Å². The molecular formula is C28H35N5O4S. The van der Waals surface area contributed by atoms with Crippen LogP contribution in [0.1, 0.15) is 63.2 Å². The Morgan fingerprint density at radius 2 is 1.84 bits per heavy atom. The molecule has 3 aromatic rings. The maximum absolute atomic E-state index is 13.4. The van der Waals surface area contributed by atoms with Gasteiger partial charge in [-0.05, 0) is 69.2 Å². The molecule has 0 radical (unpaired) electrons. The highest BCUT2D eigenvalue weighted by molar-refractivity contribution is 7.90. The minimum atomic E-state index is -4.04. The van der Waals surface area contributed by atoms with Gasteiger partial charge in [-0.2, -0.15) is 0 Å². The lowest BCUT2D eigenvalue weighted by Crippen LogP contribution is -2.41. The van der Waals surface area contributed by atoms with Crippen LogP contribution >= 0.6 is 0 Å². The Balaban J connectivity index is 1.45. The number of nitrogens with one attached hydrogen (secondary N) is 1. The van der Waals surface area contributed by atoms with Crippen LogP contribution in [0.15, 0.2) is 59.6 Å². The molecule has 9 nitrogen and oxygen atoms in total. The highest BCUT2D eigenvalue weighted by atomic mass is 32.2. The molecule has 0 bridgehead atoms. The molecule has 1 N–H and O–H groups in total. The second-order valence-electron chi connectivity index (χ2n) is 11.1. The van der Waals surface area contributed by atoms with Gasteiger partial charge in [-0.25, -0.2) is 22.8 Å². The van der Waals surface area contributed by atoms with Crippen molar-refractivity contribution in [3.63, 3.8) is 0 Å².